The van der Waals surface area contributed by atoms with Crippen LogP contribution >= 0.6 is 0 Å². The first-order valence-electron chi connectivity index (χ1n) is 9.68. The largest absolute Gasteiger partial charge is 0.477 e. The van der Waals surface area contributed by atoms with Gasteiger partial charge in [-0.2, -0.15) is 18.3 Å². The average Bonchev–Trinajstić information content (AvgIpc) is 3.04. The Morgan fingerprint density at radius 2 is 1.90 bits per heavy atom. The maximum atomic E-state index is 13.1. The summed E-state index contributed by atoms with van der Waals surface area (Å²) in [5.41, 5.74) is -0.143. The fraction of sp³-hybridized carbons (Fsp3) is 0.474. The standard InChI is InChI=1S/C19H17F5N6O/c20-15(21)8-30-17-14(4-27-30)26-5-16(28-17)29-6-10-11(7-29)12(10)9-31-18-13(19(22,23)24)2-1-3-25-18/h1-5,10-12,15H,6-9H2/t10-,11+,12+. The first-order chi connectivity index (χ1) is 14.8. The third-order valence-electron chi connectivity index (χ3n) is 5.83. The van der Waals surface area contributed by atoms with Crippen molar-refractivity contribution in [3.05, 3.63) is 36.3 Å². The van der Waals surface area contributed by atoms with Crippen molar-refractivity contribution in [1.82, 2.24) is 24.7 Å². The number of ether oxygens (including phenoxy) is 1. The summed E-state index contributed by atoms with van der Waals surface area (Å²) in [7, 11) is 0. The Morgan fingerprint density at radius 3 is 2.61 bits per heavy atom. The van der Waals surface area contributed by atoms with Crippen LogP contribution in [-0.2, 0) is 12.7 Å². The Morgan fingerprint density at radius 1 is 1.13 bits per heavy atom. The van der Waals surface area contributed by atoms with E-state index in [4.69, 9.17) is 4.74 Å². The summed E-state index contributed by atoms with van der Waals surface area (Å²) >= 11 is 0. The van der Waals surface area contributed by atoms with Crippen LogP contribution in [0.3, 0.4) is 0 Å². The zero-order valence-corrected chi connectivity index (χ0v) is 16.0. The number of halogens is 5. The van der Waals surface area contributed by atoms with Gasteiger partial charge in [0.15, 0.2) is 5.65 Å². The van der Waals surface area contributed by atoms with E-state index in [1.807, 2.05) is 4.90 Å². The van der Waals surface area contributed by atoms with Crippen LogP contribution in [0.15, 0.2) is 30.7 Å². The van der Waals surface area contributed by atoms with Crippen LogP contribution in [-0.4, -0.2) is 50.9 Å². The molecular weight excluding hydrogens is 423 g/mol. The van der Waals surface area contributed by atoms with Crippen molar-refractivity contribution in [1.29, 1.82) is 0 Å². The second-order valence-electron chi connectivity index (χ2n) is 7.72. The van der Waals surface area contributed by atoms with Crippen LogP contribution < -0.4 is 9.64 Å². The van der Waals surface area contributed by atoms with E-state index >= 15 is 0 Å². The van der Waals surface area contributed by atoms with Crippen molar-refractivity contribution >= 4 is 17.0 Å². The summed E-state index contributed by atoms with van der Waals surface area (Å²) in [6.45, 7) is 0.904. The third-order valence-corrected chi connectivity index (χ3v) is 5.83. The summed E-state index contributed by atoms with van der Waals surface area (Å²) in [5, 5.41) is 3.91. The van der Waals surface area contributed by atoms with Gasteiger partial charge in [0.2, 0.25) is 5.88 Å². The number of anilines is 1. The van der Waals surface area contributed by atoms with Gasteiger partial charge in [-0.15, -0.1) is 0 Å². The molecule has 5 rings (SSSR count). The Bertz CT molecular complexity index is 1090. The minimum absolute atomic E-state index is 0.139. The van der Waals surface area contributed by atoms with Gasteiger partial charge in [0.25, 0.3) is 6.43 Å². The molecule has 1 saturated heterocycles. The topological polar surface area (TPSA) is 69.0 Å². The molecule has 1 saturated carbocycles. The maximum Gasteiger partial charge on any atom is 0.421 e. The molecule has 3 aromatic rings. The van der Waals surface area contributed by atoms with E-state index in [0.717, 1.165) is 10.7 Å². The Balaban J connectivity index is 1.22. The number of pyridine rings is 1. The fourth-order valence-electron chi connectivity index (χ4n) is 4.24. The monoisotopic (exact) mass is 440 g/mol. The van der Waals surface area contributed by atoms with E-state index in [0.29, 0.717) is 30.1 Å². The summed E-state index contributed by atoms with van der Waals surface area (Å²) in [6.07, 6.45) is -2.82. The van der Waals surface area contributed by atoms with Crippen molar-refractivity contribution in [2.75, 3.05) is 24.6 Å². The van der Waals surface area contributed by atoms with Crippen LogP contribution in [0.1, 0.15) is 5.56 Å². The molecule has 3 aromatic heterocycles. The van der Waals surface area contributed by atoms with Gasteiger partial charge in [-0.25, -0.2) is 28.4 Å². The lowest BCUT2D eigenvalue weighted by Gasteiger charge is -2.21. The third kappa shape index (κ3) is 3.74. The van der Waals surface area contributed by atoms with Crippen LogP contribution in [0.4, 0.5) is 27.8 Å². The number of aromatic nitrogens is 5. The zero-order chi connectivity index (χ0) is 21.8. The molecule has 0 N–H and O–H groups in total. The van der Waals surface area contributed by atoms with Crippen molar-refractivity contribution in [3.8, 4) is 5.88 Å². The molecule has 4 heterocycles. The minimum Gasteiger partial charge on any atom is -0.477 e. The predicted molar refractivity (Wildman–Crippen MR) is 98.7 cm³/mol. The summed E-state index contributed by atoms with van der Waals surface area (Å²) < 4.78 is 71.1. The molecule has 7 nitrogen and oxygen atoms in total. The van der Waals surface area contributed by atoms with E-state index in [1.165, 1.54) is 18.5 Å². The number of nitrogens with zero attached hydrogens (tertiary/aromatic N) is 6. The molecule has 3 atom stereocenters. The first-order valence-corrected chi connectivity index (χ1v) is 9.68. The van der Waals surface area contributed by atoms with Gasteiger partial charge in [-0.3, -0.25) is 0 Å². The van der Waals surface area contributed by atoms with Crippen LogP contribution in [0.2, 0.25) is 0 Å². The van der Waals surface area contributed by atoms with Gasteiger partial charge in [0.1, 0.15) is 23.4 Å². The van der Waals surface area contributed by atoms with Gasteiger partial charge in [0, 0.05) is 25.2 Å². The van der Waals surface area contributed by atoms with Gasteiger partial charge >= 0.3 is 6.18 Å². The summed E-state index contributed by atoms with van der Waals surface area (Å²) in [4.78, 5) is 14.4. The van der Waals surface area contributed by atoms with Gasteiger partial charge in [0.05, 0.1) is 19.0 Å². The van der Waals surface area contributed by atoms with E-state index < -0.39 is 30.6 Å². The molecule has 0 spiro atoms. The molecule has 0 aromatic carbocycles. The van der Waals surface area contributed by atoms with Gasteiger partial charge < -0.3 is 9.64 Å². The second kappa shape index (κ2) is 7.27. The van der Waals surface area contributed by atoms with Crippen LogP contribution in [0.5, 0.6) is 5.88 Å². The lowest BCUT2D eigenvalue weighted by Crippen LogP contribution is -2.26. The number of alkyl halides is 5. The SMILES string of the molecule is FC(F)Cn1ncc2ncc(N3C[C@@H]4[C@@H](COc5ncccc5C(F)(F)F)[C@@H]4C3)nc21. The molecule has 0 radical (unpaired) electrons. The lowest BCUT2D eigenvalue weighted by molar-refractivity contribution is -0.139. The van der Waals surface area contributed by atoms with Crippen LogP contribution in [0, 0.1) is 17.8 Å². The first kappa shape index (κ1) is 19.9. The van der Waals surface area contributed by atoms with Gasteiger partial charge in [-0.05, 0) is 24.0 Å². The molecule has 1 aliphatic carbocycles. The molecule has 0 bridgehead atoms. The fourth-order valence-corrected chi connectivity index (χ4v) is 4.24. The second-order valence-corrected chi connectivity index (χ2v) is 7.72. The van der Waals surface area contributed by atoms with Crippen LogP contribution in [0.25, 0.3) is 11.2 Å². The highest BCUT2D eigenvalue weighted by Crippen LogP contribution is 2.52. The van der Waals surface area contributed by atoms with E-state index in [9.17, 15) is 22.0 Å². The zero-order valence-electron chi connectivity index (χ0n) is 16.0. The number of fused-ring (bicyclic) bond motifs is 2. The number of rotatable bonds is 6. The molecule has 1 aliphatic heterocycles. The minimum atomic E-state index is -4.52. The highest BCUT2D eigenvalue weighted by Gasteiger charge is 2.56. The molecule has 164 valence electrons. The highest BCUT2D eigenvalue weighted by atomic mass is 19.4. The van der Waals surface area contributed by atoms with E-state index in [1.54, 1.807) is 6.20 Å². The summed E-state index contributed by atoms with van der Waals surface area (Å²) in [5.74, 6) is 0.836. The number of hydrogen-bond donors (Lipinski definition) is 0. The smallest absolute Gasteiger partial charge is 0.421 e. The Kier molecular flexibility index (Phi) is 4.67. The molecule has 0 amide bonds. The molecule has 2 fully saturated rings. The highest BCUT2D eigenvalue weighted by molar-refractivity contribution is 5.71. The Hall–Kier alpha value is -3.05. The Labute approximate surface area is 172 Å². The van der Waals surface area contributed by atoms with E-state index in [-0.39, 0.29) is 24.4 Å². The molecule has 2 aliphatic rings. The normalized spacial score (nSPS) is 22.9. The maximum absolute atomic E-state index is 13.1. The molecule has 31 heavy (non-hydrogen) atoms. The van der Waals surface area contributed by atoms with Gasteiger partial charge in [-0.1, -0.05) is 0 Å². The molecule has 0 unspecified atom stereocenters. The van der Waals surface area contributed by atoms with Crippen molar-refractivity contribution < 1.29 is 26.7 Å². The molecular formula is C19H17F5N6O. The molecule has 12 heteroatoms. The quantitative estimate of drug-likeness (QED) is 0.548. The van der Waals surface area contributed by atoms with Crippen molar-refractivity contribution in [3.63, 3.8) is 0 Å². The number of piperidine rings is 1. The van der Waals surface area contributed by atoms with Crippen molar-refractivity contribution in [2.24, 2.45) is 17.8 Å². The lowest BCUT2D eigenvalue weighted by atomic mass is 10.2. The number of hydrogen-bond acceptors (Lipinski definition) is 6. The van der Waals surface area contributed by atoms with E-state index in [2.05, 4.69) is 20.1 Å². The van der Waals surface area contributed by atoms with Crippen molar-refractivity contribution in [2.45, 2.75) is 19.1 Å². The predicted octanol–water partition coefficient (Wildman–Crippen LogP) is 3.27. The summed E-state index contributed by atoms with van der Waals surface area (Å²) in [6, 6.07) is 2.18. The average molecular weight is 440 g/mol.